The minimum absolute atomic E-state index is 0.00333. The second kappa shape index (κ2) is 9.77. The largest absolute Gasteiger partial charge is 0.378 e. The maximum Gasteiger partial charge on any atom is 0.261 e. The molecule has 0 radical (unpaired) electrons. The van der Waals surface area contributed by atoms with Crippen LogP contribution in [-0.4, -0.2) is 44.7 Å². The van der Waals surface area contributed by atoms with Crippen LogP contribution in [-0.2, 0) is 14.8 Å². The third-order valence-electron chi connectivity index (χ3n) is 5.69. The van der Waals surface area contributed by atoms with Gasteiger partial charge in [0.25, 0.3) is 10.0 Å². The van der Waals surface area contributed by atoms with Crippen molar-refractivity contribution in [1.29, 1.82) is 5.26 Å². The van der Waals surface area contributed by atoms with E-state index in [4.69, 9.17) is 4.74 Å². The summed E-state index contributed by atoms with van der Waals surface area (Å²) < 4.78 is 47.9. The van der Waals surface area contributed by atoms with Gasteiger partial charge in [-0.3, -0.25) is 9.71 Å². The molecule has 2 heterocycles. The van der Waals surface area contributed by atoms with Gasteiger partial charge in [-0.15, -0.1) is 0 Å². The Balaban J connectivity index is 1.47. The average molecular weight is 505 g/mol. The van der Waals surface area contributed by atoms with Crippen LogP contribution in [0.1, 0.15) is 5.56 Å². The number of ether oxygens (including phenoxy) is 1. The number of benzene rings is 3. The molecule has 36 heavy (non-hydrogen) atoms. The highest BCUT2D eigenvalue weighted by molar-refractivity contribution is 7.92. The van der Waals surface area contributed by atoms with Gasteiger partial charge in [-0.1, -0.05) is 18.2 Å². The molecule has 182 valence electrons. The molecule has 0 spiro atoms. The van der Waals surface area contributed by atoms with Gasteiger partial charge >= 0.3 is 0 Å². The highest BCUT2D eigenvalue weighted by Crippen LogP contribution is 2.30. The number of aromatic nitrogens is 2. The molecule has 0 atom stereocenters. The van der Waals surface area contributed by atoms with Crippen LogP contribution >= 0.6 is 0 Å². The maximum absolute atomic E-state index is 14.7. The van der Waals surface area contributed by atoms with Crippen molar-refractivity contribution in [3.8, 4) is 6.07 Å². The topological polar surface area (TPSA) is 120 Å². The van der Waals surface area contributed by atoms with Gasteiger partial charge in [0.2, 0.25) is 0 Å². The summed E-state index contributed by atoms with van der Waals surface area (Å²) in [6, 6.07) is 17.1. The Kier molecular flexibility index (Phi) is 6.37. The van der Waals surface area contributed by atoms with E-state index in [1.54, 1.807) is 36.5 Å². The van der Waals surface area contributed by atoms with Gasteiger partial charge in [0, 0.05) is 13.1 Å². The summed E-state index contributed by atoms with van der Waals surface area (Å²) in [5.74, 6) is 0.0118. The predicted molar refractivity (Wildman–Crippen MR) is 134 cm³/mol. The second-order valence-corrected chi connectivity index (χ2v) is 9.72. The van der Waals surface area contributed by atoms with Gasteiger partial charge < -0.3 is 15.0 Å². The lowest BCUT2D eigenvalue weighted by atomic mass is 10.1. The monoisotopic (exact) mass is 504 g/mol. The summed E-state index contributed by atoms with van der Waals surface area (Å²) in [4.78, 5) is 11.2. The molecule has 1 aromatic heterocycles. The number of rotatable bonds is 6. The SMILES string of the molecule is N#Cc1c(Nc2cc(NS(=O)(=O)c3ccccc3)ccc2F)ccc2ncc(N3CCOCC3)nc12. The maximum atomic E-state index is 14.7. The summed E-state index contributed by atoms with van der Waals surface area (Å²) in [7, 11) is -3.86. The minimum Gasteiger partial charge on any atom is -0.378 e. The molecular formula is C25H21FN6O3S. The van der Waals surface area contributed by atoms with E-state index in [1.807, 2.05) is 4.90 Å². The van der Waals surface area contributed by atoms with E-state index in [9.17, 15) is 18.1 Å². The molecule has 0 amide bonds. The van der Waals surface area contributed by atoms with Crippen molar-refractivity contribution in [2.45, 2.75) is 4.90 Å². The number of halogens is 1. The van der Waals surface area contributed by atoms with Crippen LogP contribution < -0.4 is 14.9 Å². The van der Waals surface area contributed by atoms with Crippen molar-refractivity contribution in [1.82, 2.24) is 9.97 Å². The zero-order valence-corrected chi connectivity index (χ0v) is 19.8. The Bertz CT molecular complexity index is 1570. The molecular weight excluding hydrogens is 483 g/mol. The number of hydrogen-bond acceptors (Lipinski definition) is 8. The first-order valence-electron chi connectivity index (χ1n) is 11.1. The molecule has 2 N–H and O–H groups in total. The zero-order valence-electron chi connectivity index (χ0n) is 19.0. The molecule has 0 aliphatic carbocycles. The average Bonchev–Trinajstić information content (AvgIpc) is 2.91. The van der Waals surface area contributed by atoms with E-state index in [1.165, 1.54) is 24.3 Å². The third-order valence-corrected chi connectivity index (χ3v) is 7.09. The lowest BCUT2D eigenvalue weighted by Gasteiger charge is -2.27. The van der Waals surface area contributed by atoms with Crippen molar-refractivity contribution in [2.24, 2.45) is 0 Å². The predicted octanol–water partition coefficient (Wildman–Crippen LogP) is 4.02. The molecule has 0 saturated carbocycles. The zero-order chi connectivity index (χ0) is 25.1. The molecule has 1 saturated heterocycles. The van der Waals surface area contributed by atoms with Crippen molar-refractivity contribution < 1.29 is 17.5 Å². The number of hydrogen-bond donors (Lipinski definition) is 2. The number of fused-ring (bicyclic) bond motifs is 1. The smallest absolute Gasteiger partial charge is 0.261 e. The van der Waals surface area contributed by atoms with Crippen molar-refractivity contribution >= 4 is 43.9 Å². The number of nitriles is 1. The number of nitrogens with one attached hydrogen (secondary N) is 2. The number of morpholine rings is 1. The van der Waals surface area contributed by atoms with Crippen LogP contribution in [0.25, 0.3) is 11.0 Å². The van der Waals surface area contributed by atoms with Crippen molar-refractivity contribution in [2.75, 3.05) is 41.2 Å². The highest BCUT2D eigenvalue weighted by Gasteiger charge is 2.18. The van der Waals surface area contributed by atoms with Crippen LogP contribution in [0.15, 0.2) is 71.8 Å². The fourth-order valence-electron chi connectivity index (χ4n) is 3.87. The molecule has 4 aromatic rings. The molecule has 5 rings (SSSR count). The van der Waals surface area contributed by atoms with Crippen LogP contribution in [0.5, 0.6) is 0 Å². The van der Waals surface area contributed by atoms with E-state index in [2.05, 4.69) is 26.1 Å². The molecule has 1 aliphatic rings. The molecule has 11 heteroatoms. The fraction of sp³-hybridized carbons (Fsp3) is 0.160. The molecule has 1 aliphatic heterocycles. The highest BCUT2D eigenvalue weighted by atomic mass is 32.2. The van der Waals surface area contributed by atoms with E-state index in [-0.39, 0.29) is 21.8 Å². The van der Waals surface area contributed by atoms with E-state index >= 15 is 0 Å². The quantitative estimate of drug-likeness (QED) is 0.404. The van der Waals surface area contributed by atoms with E-state index in [0.29, 0.717) is 48.8 Å². The Labute approximate surface area is 207 Å². The summed E-state index contributed by atoms with van der Waals surface area (Å²) in [5, 5.41) is 12.8. The van der Waals surface area contributed by atoms with Gasteiger partial charge in [0.15, 0.2) is 0 Å². The van der Waals surface area contributed by atoms with Crippen LogP contribution in [0.4, 0.5) is 27.3 Å². The van der Waals surface area contributed by atoms with E-state index in [0.717, 1.165) is 6.07 Å². The number of sulfonamides is 1. The Hall–Kier alpha value is -4.27. The standard InChI is InChI=1S/C25H21FN6O3S/c26-20-7-6-17(31-36(33,34)18-4-2-1-3-5-18)14-23(20)29-21-8-9-22-25(19(21)15-27)30-24(16-28-22)32-10-12-35-13-11-32/h1-9,14,16,29,31H,10-13H2. The molecule has 0 unspecified atom stereocenters. The molecule has 1 fully saturated rings. The summed E-state index contributed by atoms with van der Waals surface area (Å²) in [6.45, 7) is 2.49. The Morgan fingerprint density at radius 3 is 2.56 bits per heavy atom. The summed E-state index contributed by atoms with van der Waals surface area (Å²) in [5.41, 5.74) is 1.59. The Morgan fingerprint density at radius 1 is 1.03 bits per heavy atom. The lowest BCUT2D eigenvalue weighted by Crippen LogP contribution is -2.36. The van der Waals surface area contributed by atoms with E-state index < -0.39 is 15.8 Å². The van der Waals surface area contributed by atoms with Gasteiger partial charge in [-0.25, -0.2) is 17.8 Å². The van der Waals surface area contributed by atoms with Crippen LogP contribution in [0.3, 0.4) is 0 Å². The minimum atomic E-state index is -3.86. The number of nitrogens with zero attached hydrogens (tertiary/aromatic N) is 4. The van der Waals surface area contributed by atoms with Gasteiger partial charge in [-0.2, -0.15) is 5.26 Å². The van der Waals surface area contributed by atoms with Crippen molar-refractivity contribution in [3.63, 3.8) is 0 Å². The molecule has 9 nitrogen and oxygen atoms in total. The van der Waals surface area contributed by atoms with Gasteiger partial charge in [0.05, 0.1) is 46.9 Å². The second-order valence-electron chi connectivity index (χ2n) is 8.03. The van der Waals surface area contributed by atoms with Gasteiger partial charge in [0.1, 0.15) is 28.8 Å². The lowest BCUT2D eigenvalue weighted by molar-refractivity contribution is 0.122. The fourth-order valence-corrected chi connectivity index (χ4v) is 4.94. The first-order chi connectivity index (χ1) is 17.4. The molecule has 0 bridgehead atoms. The van der Waals surface area contributed by atoms with Crippen LogP contribution in [0.2, 0.25) is 0 Å². The first-order valence-corrected chi connectivity index (χ1v) is 12.6. The molecule has 3 aromatic carbocycles. The summed E-state index contributed by atoms with van der Waals surface area (Å²) in [6.07, 6.45) is 1.66. The van der Waals surface area contributed by atoms with Crippen LogP contribution in [0, 0.1) is 17.1 Å². The Morgan fingerprint density at radius 2 is 1.81 bits per heavy atom. The first kappa shape index (κ1) is 23.5. The normalized spacial score (nSPS) is 13.8. The summed E-state index contributed by atoms with van der Waals surface area (Å²) >= 11 is 0. The van der Waals surface area contributed by atoms with Crippen molar-refractivity contribution in [3.05, 3.63) is 78.2 Å². The third kappa shape index (κ3) is 4.77. The number of anilines is 4. The van der Waals surface area contributed by atoms with Gasteiger partial charge in [-0.05, 0) is 42.5 Å².